The predicted molar refractivity (Wildman–Crippen MR) is 142 cm³/mol. The van der Waals surface area contributed by atoms with E-state index < -0.39 is 0 Å². The zero-order chi connectivity index (χ0) is 23.8. The molecule has 4 rings (SSSR count). The normalized spacial score (nSPS) is 15.7. The molecule has 180 valence electrons. The van der Waals surface area contributed by atoms with Crippen molar-refractivity contribution < 1.29 is 4.74 Å². The van der Waals surface area contributed by atoms with Gasteiger partial charge in [0.25, 0.3) is 0 Å². The van der Waals surface area contributed by atoms with Gasteiger partial charge in [0, 0.05) is 36.2 Å². The van der Waals surface area contributed by atoms with Crippen LogP contribution in [0.1, 0.15) is 58.4 Å². The monoisotopic (exact) mass is 487 g/mol. The molecule has 0 aliphatic carbocycles. The minimum absolute atomic E-state index is 0.190. The van der Waals surface area contributed by atoms with Crippen LogP contribution in [0.2, 0.25) is 0 Å². The zero-order valence-corrected chi connectivity index (χ0v) is 22.7. The Labute approximate surface area is 205 Å². The van der Waals surface area contributed by atoms with Crippen LogP contribution in [0, 0.1) is 5.92 Å². The van der Waals surface area contributed by atoms with Crippen molar-refractivity contribution in [2.75, 3.05) is 37.8 Å². The molecule has 3 aromatic rings. The van der Waals surface area contributed by atoms with Crippen LogP contribution >= 0.6 is 23.1 Å². The number of pyridine rings is 1. The average Bonchev–Trinajstić information content (AvgIpc) is 3.14. The number of thiophene rings is 1. The summed E-state index contributed by atoms with van der Waals surface area (Å²) in [5.74, 6) is 1.48. The maximum Gasteiger partial charge on any atom is 0.189 e. The Balaban J connectivity index is 1.87. The highest BCUT2D eigenvalue weighted by Gasteiger charge is 2.32. The van der Waals surface area contributed by atoms with Crippen LogP contribution in [0.15, 0.2) is 5.16 Å². The summed E-state index contributed by atoms with van der Waals surface area (Å²) in [6.07, 6.45) is 3.88. The second kappa shape index (κ2) is 10.0. The number of hydrogen-bond acceptors (Lipinski definition) is 8. The molecule has 1 aliphatic heterocycles. The molecular formula is C25H37N5OS2. The van der Waals surface area contributed by atoms with Gasteiger partial charge in [0.05, 0.1) is 22.4 Å². The minimum Gasteiger partial charge on any atom is -0.370 e. The number of hydrogen-bond donors (Lipinski definition) is 1. The number of thioether (sulfide) groups is 1. The Hall–Kier alpha value is -1.48. The van der Waals surface area contributed by atoms with E-state index in [-0.39, 0.29) is 5.60 Å². The highest BCUT2D eigenvalue weighted by Crippen LogP contribution is 2.43. The molecular weight excluding hydrogens is 450 g/mol. The van der Waals surface area contributed by atoms with E-state index in [0.717, 1.165) is 65.0 Å². The van der Waals surface area contributed by atoms with Gasteiger partial charge in [-0.15, -0.1) is 11.3 Å². The van der Waals surface area contributed by atoms with Crippen LogP contribution in [-0.2, 0) is 24.2 Å². The largest absolute Gasteiger partial charge is 0.370 e. The van der Waals surface area contributed by atoms with Gasteiger partial charge in [-0.05, 0) is 51.1 Å². The second-order valence-electron chi connectivity index (χ2n) is 9.81. The molecule has 0 atom stereocenters. The molecule has 1 N–H and O–H groups in total. The van der Waals surface area contributed by atoms with Crippen molar-refractivity contribution in [2.24, 2.45) is 5.92 Å². The third kappa shape index (κ3) is 5.14. The van der Waals surface area contributed by atoms with E-state index in [9.17, 15) is 0 Å². The Kier molecular flexibility index (Phi) is 7.48. The van der Waals surface area contributed by atoms with Crippen LogP contribution < -0.4 is 5.32 Å². The molecule has 0 spiro atoms. The second-order valence-corrected chi connectivity index (χ2v) is 11.6. The zero-order valence-electron chi connectivity index (χ0n) is 21.0. The molecule has 0 aromatic carbocycles. The van der Waals surface area contributed by atoms with Crippen molar-refractivity contribution in [1.82, 2.24) is 19.9 Å². The first-order valence-electron chi connectivity index (χ1n) is 12.0. The predicted octanol–water partition coefficient (Wildman–Crippen LogP) is 5.76. The number of nitrogens with one attached hydrogen (secondary N) is 1. The molecule has 1 aliphatic rings. The number of aromatic nitrogens is 3. The Bertz CT molecular complexity index is 1140. The molecule has 3 aromatic heterocycles. The van der Waals surface area contributed by atoms with Gasteiger partial charge < -0.3 is 15.0 Å². The summed E-state index contributed by atoms with van der Waals surface area (Å²) in [6.45, 7) is 17.9. The fourth-order valence-electron chi connectivity index (χ4n) is 4.56. The first kappa shape index (κ1) is 24.6. The van der Waals surface area contributed by atoms with E-state index in [4.69, 9.17) is 19.7 Å². The smallest absolute Gasteiger partial charge is 0.189 e. The lowest BCUT2D eigenvalue weighted by atomic mass is 9.88. The number of likely N-dealkylation sites (N-methyl/N-ethyl adjacent to an activating group) is 1. The lowest BCUT2D eigenvalue weighted by Gasteiger charge is -2.33. The molecule has 0 saturated carbocycles. The summed E-state index contributed by atoms with van der Waals surface area (Å²) in [4.78, 5) is 18.5. The summed E-state index contributed by atoms with van der Waals surface area (Å²) in [6, 6.07) is 0. The lowest BCUT2D eigenvalue weighted by Crippen LogP contribution is -2.33. The molecule has 33 heavy (non-hydrogen) atoms. The third-order valence-electron chi connectivity index (χ3n) is 6.35. The van der Waals surface area contributed by atoms with E-state index >= 15 is 0 Å². The molecule has 0 unspecified atom stereocenters. The molecule has 4 heterocycles. The van der Waals surface area contributed by atoms with Crippen LogP contribution in [0.3, 0.4) is 0 Å². The van der Waals surface area contributed by atoms with Crippen molar-refractivity contribution in [3.63, 3.8) is 0 Å². The number of fused-ring (bicyclic) bond motifs is 5. The lowest BCUT2D eigenvalue weighted by molar-refractivity contribution is -0.0402. The van der Waals surface area contributed by atoms with E-state index in [2.05, 4.69) is 51.8 Å². The maximum absolute atomic E-state index is 6.23. The summed E-state index contributed by atoms with van der Waals surface area (Å²) in [5, 5.41) is 5.63. The molecule has 0 amide bonds. The number of rotatable bonds is 9. The fraction of sp³-hybridized carbons (Fsp3) is 0.640. The van der Waals surface area contributed by atoms with Crippen molar-refractivity contribution in [2.45, 2.75) is 71.7 Å². The van der Waals surface area contributed by atoms with Crippen LogP contribution in [0.4, 0.5) is 5.82 Å². The Morgan fingerprint density at radius 2 is 1.91 bits per heavy atom. The third-order valence-corrected chi connectivity index (χ3v) is 7.98. The molecule has 6 nitrogen and oxygen atoms in total. The molecule has 0 fully saturated rings. The standard InChI is InChI=1S/C25H37N5OS2/c1-8-30(9-2)11-10-26-22-21-20(28-24(29-22)32-7)19-16-13-25(5,6)31-14-17(16)18(12-15(3)4)27-23(19)33-21/h15H,8-14H2,1-7H3,(H,26,28,29). The minimum atomic E-state index is -0.190. The highest BCUT2D eigenvalue weighted by atomic mass is 32.2. The summed E-state index contributed by atoms with van der Waals surface area (Å²) in [5.41, 5.74) is 4.68. The van der Waals surface area contributed by atoms with Gasteiger partial charge in [0.15, 0.2) is 5.16 Å². The highest BCUT2D eigenvalue weighted by molar-refractivity contribution is 7.98. The van der Waals surface area contributed by atoms with Gasteiger partial charge in [-0.25, -0.2) is 15.0 Å². The maximum atomic E-state index is 6.23. The van der Waals surface area contributed by atoms with Gasteiger partial charge >= 0.3 is 0 Å². The molecule has 0 radical (unpaired) electrons. The average molecular weight is 488 g/mol. The van der Waals surface area contributed by atoms with Gasteiger partial charge in [0.1, 0.15) is 10.6 Å². The van der Waals surface area contributed by atoms with Gasteiger partial charge in [-0.1, -0.05) is 39.5 Å². The van der Waals surface area contributed by atoms with Crippen LogP contribution in [0.25, 0.3) is 20.4 Å². The number of nitrogens with zero attached hydrogens (tertiary/aromatic N) is 4. The topological polar surface area (TPSA) is 63.2 Å². The fourth-order valence-corrected chi connectivity index (χ4v) is 6.05. The first-order valence-corrected chi connectivity index (χ1v) is 14.1. The van der Waals surface area contributed by atoms with E-state index in [1.807, 2.05) is 6.26 Å². The summed E-state index contributed by atoms with van der Waals surface area (Å²) < 4.78 is 7.34. The van der Waals surface area contributed by atoms with Crippen molar-refractivity contribution in [3.05, 3.63) is 16.8 Å². The van der Waals surface area contributed by atoms with E-state index in [0.29, 0.717) is 12.5 Å². The molecule has 0 saturated heterocycles. The van der Waals surface area contributed by atoms with Crippen molar-refractivity contribution in [3.8, 4) is 0 Å². The SMILES string of the molecule is CCN(CC)CCNc1nc(SC)nc2c1sc1nc(CC(C)C)c3c(c12)CC(C)(C)OC3. The quantitative estimate of drug-likeness (QED) is 0.304. The first-order chi connectivity index (χ1) is 15.8. The Morgan fingerprint density at radius 1 is 1.15 bits per heavy atom. The van der Waals surface area contributed by atoms with Gasteiger partial charge in [-0.2, -0.15) is 0 Å². The summed E-state index contributed by atoms with van der Waals surface area (Å²) in [7, 11) is 0. The molecule has 0 bridgehead atoms. The van der Waals surface area contributed by atoms with Gasteiger partial charge in [-0.3, -0.25) is 0 Å². The Morgan fingerprint density at radius 3 is 2.58 bits per heavy atom. The van der Waals surface area contributed by atoms with Crippen molar-refractivity contribution >= 4 is 49.3 Å². The summed E-state index contributed by atoms with van der Waals surface area (Å²) >= 11 is 3.32. The van der Waals surface area contributed by atoms with E-state index in [1.54, 1.807) is 23.1 Å². The number of anilines is 1. The molecule has 8 heteroatoms. The van der Waals surface area contributed by atoms with E-state index in [1.165, 1.54) is 22.2 Å². The van der Waals surface area contributed by atoms with Crippen LogP contribution in [0.5, 0.6) is 0 Å². The van der Waals surface area contributed by atoms with Gasteiger partial charge in [0.2, 0.25) is 0 Å². The van der Waals surface area contributed by atoms with Crippen molar-refractivity contribution in [1.29, 1.82) is 0 Å². The van der Waals surface area contributed by atoms with Crippen LogP contribution in [-0.4, -0.2) is 57.9 Å². The number of ether oxygens (including phenoxy) is 1.